The van der Waals surface area contributed by atoms with Crippen molar-refractivity contribution in [3.05, 3.63) is 23.7 Å². The molecule has 0 fully saturated rings. The van der Waals surface area contributed by atoms with Crippen molar-refractivity contribution in [1.29, 1.82) is 0 Å². The van der Waals surface area contributed by atoms with Gasteiger partial charge in [-0.25, -0.2) is 0 Å². The molecule has 0 saturated carbocycles. The van der Waals surface area contributed by atoms with Crippen LogP contribution in [-0.2, 0) is 9.47 Å². The summed E-state index contributed by atoms with van der Waals surface area (Å²) in [6, 6.07) is 0. The second kappa shape index (κ2) is 6.59. The predicted octanol–water partition coefficient (Wildman–Crippen LogP) is 2.97. The van der Waals surface area contributed by atoms with Crippen LogP contribution < -0.4 is 0 Å². The first kappa shape index (κ1) is 13.1. The van der Waals surface area contributed by atoms with Gasteiger partial charge in [0.25, 0.3) is 0 Å². The normalized spacial score (nSPS) is 20.8. The molecule has 16 heavy (non-hydrogen) atoms. The quantitative estimate of drug-likeness (QED) is 0.708. The molecule has 0 aromatic heterocycles. The number of hydrogen-bond donors (Lipinski definition) is 1. The van der Waals surface area contributed by atoms with Gasteiger partial charge in [-0.05, 0) is 32.6 Å². The number of aliphatic hydroxyl groups excluding tert-OH is 1. The lowest BCUT2D eigenvalue weighted by Gasteiger charge is -2.16. The first-order valence-corrected chi connectivity index (χ1v) is 5.87. The molecule has 0 bridgehead atoms. The molecule has 0 aromatic carbocycles. The van der Waals surface area contributed by atoms with Gasteiger partial charge in [-0.3, -0.25) is 0 Å². The highest BCUT2D eigenvalue weighted by atomic mass is 16.7. The van der Waals surface area contributed by atoms with Gasteiger partial charge in [0, 0.05) is 6.42 Å². The van der Waals surface area contributed by atoms with Gasteiger partial charge in [0.05, 0.1) is 0 Å². The number of aliphatic hydroxyl groups is 1. The van der Waals surface area contributed by atoms with Crippen molar-refractivity contribution in [2.45, 2.75) is 46.3 Å². The SMILES string of the molecule is CC(C)=CCCC(C)CC1OC=C(CO)O1. The highest BCUT2D eigenvalue weighted by molar-refractivity contribution is 4.94. The van der Waals surface area contributed by atoms with Gasteiger partial charge < -0.3 is 14.6 Å². The maximum absolute atomic E-state index is 8.84. The molecule has 1 rings (SSSR count). The number of ether oxygens (including phenoxy) is 2. The average Bonchev–Trinajstić information content (AvgIpc) is 2.65. The Kier molecular flexibility index (Phi) is 5.39. The van der Waals surface area contributed by atoms with E-state index in [1.807, 2.05) is 0 Å². The summed E-state index contributed by atoms with van der Waals surface area (Å²) in [5.41, 5.74) is 1.37. The lowest BCUT2D eigenvalue weighted by Crippen LogP contribution is -2.13. The summed E-state index contributed by atoms with van der Waals surface area (Å²) < 4.78 is 10.7. The van der Waals surface area contributed by atoms with Crippen molar-refractivity contribution in [2.75, 3.05) is 6.61 Å². The lowest BCUT2D eigenvalue weighted by molar-refractivity contribution is -0.0513. The summed E-state index contributed by atoms with van der Waals surface area (Å²) in [7, 11) is 0. The molecule has 3 heteroatoms. The average molecular weight is 226 g/mol. The van der Waals surface area contributed by atoms with E-state index >= 15 is 0 Å². The Morgan fingerprint density at radius 3 is 2.88 bits per heavy atom. The first-order valence-electron chi connectivity index (χ1n) is 5.87. The van der Waals surface area contributed by atoms with Gasteiger partial charge in [-0.2, -0.15) is 0 Å². The van der Waals surface area contributed by atoms with E-state index in [0.29, 0.717) is 11.7 Å². The minimum Gasteiger partial charge on any atom is -0.459 e. The van der Waals surface area contributed by atoms with Gasteiger partial charge in [0.2, 0.25) is 6.29 Å². The van der Waals surface area contributed by atoms with Crippen LogP contribution in [0.5, 0.6) is 0 Å². The van der Waals surface area contributed by atoms with E-state index in [-0.39, 0.29) is 12.9 Å². The zero-order chi connectivity index (χ0) is 12.0. The van der Waals surface area contributed by atoms with Gasteiger partial charge in [-0.1, -0.05) is 18.6 Å². The summed E-state index contributed by atoms with van der Waals surface area (Å²) in [5, 5.41) is 8.84. The Morgan fingerprint density at radius 1 is 1.56 bits per heavy atom. The van der Waals surface area contributed by atoms with Crippen LogP contribution in [0, 0.1) is 5.92 Å². The minimum atomic E-state index is -0.205. The van der Waals surface area contributed by atoms with Crippen LogP contribution in [0.1, 0.15) is 40.0 Å². The molecular formula is C13H22O3. The smallest absolute Gasteiger partial charge is 0.240 e. The second-order valence-electron chi connectivity index (χ2n) is 4.63. The summed E-state index contributed by atoms with van der Waals surface area (Å²) in [6.07, 6.45) is 6.68. The van der Waals surface area contributed by atoms with Crippen molar-refractivity contribution >= 4 is 0 Å². The molecular weight excluding hydrogens is 204 g/mol. The third-order valence-corrected chi connectivity index (χ3v) is 2.60. The Hall–Kier alpha value is -0.960. The monoisotopic (exact) mass is 226 g/mol. The van der Waals surface area contributed by atoms with Crippen LogP contribution in [0.25, 0.3) is 0 Å². The highest BCUT2D eigenvalue weighted by Crippen LogP contribution is 2.22. The largest absolute Gasteiger partial charge is 0.459 e. The fourth-order valence-corrected chi connectivity index (χ4v) is 1.66. The third-order valence-electron chi connectivity index (χ3n) is 2.60. The van der Waals surface area contributed by atoms with E-state index in [1.165, 1.54) is 11.8 Å². The summed E-state index contributed by atoms with van der Waals surface area (Å²) in [4.78, 5) is 0. The van der Waals surface area contributed by atoms with E-state index in [9.17, 15) is 0 Å². The van der Waals surface area contributed by atoms with Crippen molar-refractivity contribution in [1.82, 2.24) is 0 Å². The van der Waals surface area contributed by atoms with Crippen LogP contribution in [0.2, 0.25) is 0 Å². The second-order valence-corrected chi connectivity index (χ2v) is 4.63. The Bertz CT molecular complexity index is 264. The molecule has 92 valence electrons. The molecule has 0 spiro atoms. The molecule has 0 radical (unpaired) electrons. The summed E-state index contributed by atoms with van der Waals surface area (Å²) in [5.74, 6) is 1.09. The molecule has 0 aliphatic carbocycles. The van der Waals surface area contributed by atoms with Crippen LogP contribution in [0.3, 0.4) is 0 Å². The molecule has 1 aliphatic heterocycles. The van der Waals surface area contributed by atoms with Gasteiger partial charge in [0.15, 0.2) is 5.76 Å². The first-order chi connectivity index (χ1) is 7.61. The molecule has 0 amide bonds. The predicted molar refractivity (Wildman–Crippen MR) is 63.6 cm³/mol. The fourth-order valence-electron chi connectivity index (χ4n) is 1.66. The number of allylic oxidation sites excluding steroid dienone is 2. The number of rotatable bonds is 6. The lowest BCUT2D eigenvalue weighted by atomic mass is 10.0. The zero-order valence-corrected chi connectivity index (χ0v) is 10.4. The Labute approximate surface area is 97.8 Å². The Morgan fingerprint density at radius 2 is 2.31 bits per heavy atom. The standard InChI is InChI=1S/C13H22O3/c1-10(2)5-4-6-11(3)7-13-15-9-12(8-14)16-13/h5,9,11,13-14H,4,6-8H2,1-3H3. The van der Waals surface area contributed by atoms with Crippen molar-refractivity contribution in [3.63, 3.8) is 0 Å². The molecule has 1 N–H and O–H groups in total. The van der Waals surface area contributed by atoms with E-state index in [2.05, 4.69) is 26.8 Å². The van der Waals surface area contributed by atoms with E-state index < -0.39 is 0 Å². The molecule has 2 unspecified atom stereocenters. The summed E-state index contributed by atoms with van der Waals surface area (Å²) in [6.45, 7) is 6.35. The van der Waals surface area contributed by atoms with Gasteiger partial charge in [-0.15, -0.1) is 0 Å². The maximum atomic E-state index is 8.84. The Balaban J connectivity index is 2.16. The van der Waals surface area contributed by atoms with E-state index in [0.717, 1.165) is 19.3 Å². The van der Waals surface area contributed by atoms with Gasteiger partial charge in [0.1, 0.15) is 12.9 Å². The molecule has 3 nitrogen and oxygen atoms in total. The third kappa shape index (κ3) is 4.71. The number of hydrogen-bond acceptors (Lipinski definition) is 3. The van der Waals surface area contributed by atoms with E-state index in [1.54, 1.807) is 0 Å². The van der Waals surface area contributed by atoms with Crippen LogP contribution in [0.15, 0.2) is 23.7 Å². The highest BCUT2D eigenvalue weighted by Gasteiger charge is 2.20. The van der Waals surface area contributed by atoms with Crippen LogP contribution >= 0.6 is 0 Å². The van der Waals surface area contributed by atoms with Crippen molar-refractivity contribution < 1.29 is 14.6 Å². The topological polar surface area (TPSA) is 38.7 Å². The van der Waals surface area contributed by atoms with Gasteiger partial charge >= 0.3 is 0 Å². The minimum absolute atomic E-state index is 0.0807. The van der Waals surface area contributed by atoms with Crippen molar-refractivity contribution in [2.24, 2.45) is 5.92 Å². The fraction of sp³-hybridized carbons (Fsp3) is 0.692. The van der Waals surface area contributed by atoms with Crippen LogP contribution in [0.4, 0.5) is 0 Å². The molecule has 0 aromatic rings. The molecule has 0 saturated heterocycles. The van der Waals surface area contributed by atoms with Crippen molar-refractivity contribution in [3.8, 4) is 0 Å². The maximum Gasteiger partial charge on any atom is 0.240 e. The van der Waals surface area contributed by atoms with Crippen LogP contribution in [-0.4, -0.2) is 18.0 Å². The molecule has 2 atom stereocenters. The summed E-state index contributed by atoms with van der Waals surface area (Å²) >= 11 is 0. The van der Waals surface area contributed by atoms with E-state index in [4.69, 9.17) is 14.6 Å². The molecule has 1 heterocycles. The molecule has 1 aliphatic rings. The zero-order valence-electron chi connectivity index (χ0n) is 10.4.